The van der Waals surface area contributed by atoms with Crippen molar-refractivity contribution in [2.75, 3.05) is 26.3 Å². The van der Waals surface area contributed by atoms with E-state index in [4.69, 9.17) is 4.74 Å². The molecule has 0 saturated carbocycles. The minimum atomic E-state index is -0.168. The summed E-state index contributed by atoms with van der Waals surface area (Å²) in [6, 6.07) is -0.168. The van der Waals surface area contributed by atoms with E-state index in [1.54, 1.807) is 0 Å². The van der Waals surface area contributed by atoms with Crippen LogP contribution in [0.15, 0.2) is 0 Å². The minimum absolute atomic E-state index is 0.0576. The fraction of sp³-hybridized carbons (Fsp3) is 0.909. The Morgan fingerprint density at radius 1 is 1.53 bits per heavy atom. The Morgan fingerprint density at radius 2 is 2.27 bits per heavy atom. The molecule has 0 bridgehead atoms. The Balaban J connectivity index is 2.22. The van der Waals surface area contributed by atoms with Gasteiger partial charge in [-0.1, -0.05) is 20.8 Å². The standard InChI is InChI=1S/C11H22N2O2/c1-8(2)9(3)6-13-11(14)10-7-15-5-4-12-10/h8-10,12H,4-7H2,1-3H3,(H,13,14). The molecule has 1 heterocycles. The monoisotopic (exact) mass is 214 g/mol. The zero-order valence-corrected chi connectivity index (χ0v) is 9.88. The Kier molecular flexibility index (Phi) is 5.05. The van der Waals surface area contributed by atoms with Gasteiger partial charge in [0.25, 0.3) is 0 Å². The summed E-state index contributed by atoms with van der Waals surface area (Å²) < 4.78 is 5.23. The molecule has 2 unspecified atom stereocenters. The Labute approximate surface area is 91.8 Å². The van der Waals surface area contributed by atoms with Crippen LogP contribution in [0.1, 0.15) is 20.8 Å². The first-order valence-corrected chi connectivity index (χ1v) is 5.70. The van der Waals surface area contributed by atoms with Crippen LogP contribution in [0.25, 0.3) is 0 Å². The first-order valence-electron chi connectivity index (χ1n) is 5.70. The van der Waals surface area contributed by atoms with Gasteiger partial charge in [-0.15, -0.1) is 0 Å². The summed E-state index contributed by atoms with van der Waals surface area (Å²) in [6.45, 7) is 9.17. The molecule has 0 aliphatic carbocycles. The average molecular weight is 214 g/mol. The molecular weight excluding hydrogens is 192 g/mol. The molecule has 0 radical (unpaired) electrons. The summed E-state index contributed by atoms with van der Waals surface area (Å²) in [5.41, 5.74) is 0. The average Bonchev–Trinajstić information content (AvgIpc) is 2.26. The summed E-state index contributed by atoms with van der Waals surface area (Å²) in [7, 11) is 0. The second-order valence-corrected chi connectivity index (χ2v) is 4.55. The number of nitrogens with one attached hydrogen (secondary N) is 2. The highest BCUT2D eigenvalue weighted by Crippen LogP contribution is 2.07. The lowest BCUT2D eigenvalue weighted by atomic mass is 9.98. The van der Waals surface area contributed by atoms with Crippen molar-refractivity contribution in [1.29, 1.82) is 0 Å². The fourth-order valence-corrected chi connectivity index (χ4v) is 1.35. The third-order valence-corrected chi connectivity index (χ3v) is 2.97. The van der Waals surface area contributed by atoms with E-state index in [2.05, 4.69) is 31.4 Å². The van der Waals surface area contributed by atoms with E-state index in [0.717, 1.165) is 13.1 Å². The van der Waals surface area contributed by atoms with Gasteiger partial charge < -0.3 is 15.4 Å². The van der Waals surface area contributed by atoms with Crippen LogP contribution in [0, 0.1) is 11.8 Å². The van der Waals surface area contributed by atoms with Gasteiger partial charge in [-0.05, 0) is 11.8 Å². The Morgan fingerprint density at radius 3 is 2.80 bits per heavy atom. The lowest BCUT2D eigenvalue weighted by molar-refractivity contribution is -0.126. The maximum absolute atomic E-state index is 11.7. The maximum Gasteiger partial charge on any atom is 0.239 e. The predicted molar refractivity (Wildman–Crippen MR) is 59.6 cm³/mol. The molecule has 1 aliphatic rings. The molecule has 0 aromatic carbocycles. The number of amides is 1. The topological polar surface area (TPSA) is 50.4 Å². The van der Waals surface area contributed by atoms with E-state index in [0.29, 0.717) is 25.0 Å². The molecule has 15 heavy (non-hydrogen) atoms. The van der Waals surface area contributed by atoms with Gasteiger partial charge in [0.05, 0.1) is 13.2 Å². The van der Waals surface area contributed by atoms with Gasteiger partial charge in [-0.2, -0.15) is 0 Å². The fourth-order valence-electron chi connectivity index (χ4n) is 1.35. The van der Waals surface area contributed by atoms with Crippen LogP contribution >= 0.6 is 0 Å². The lowest BCUT2D eigenvalue weighted by Gasteiger charge is -2.24. The highest BCUT2D eigenvalue weighted by atomic mass is 16.5. The molecule has 2 atom stereocenters. The van der Waals surface area contributed by atoms with Crippen molar-refractivity contribution >= 4 is 5.91 Å². The highest BCUT2D eigenvalue weighted by Gasteiger charge is 2.21. The molecule has 2 N–H and O–H groups in total. The van der Waals surface area contributed by atoms with Crippen LogP contribution in [-0.2, 0) is 9.53 Å². The van der Waals surface area contributed by atoms with Crippen molar-refractivity contribution in [3.63, 3.8) is 0 Å². The van der Waals surface area contributed by atoms with Gasteiger partial charge in [0.1, 0.15) is 6.04 Å². The molecular formula is C11H22N2O2. The first kappa shape index (κ1) is 12.5. The summed E-state index contributed by atoms with van der Waals surface area (Å²) >= 11 is 0. The maximum atomic E-state index is 11.7. The van der Waals surface area contributed by atoms with Gasteiger partial charge in [0, 0.05) is 13.1 Å². The molecule has 1 fully saturated rings. The molecule has 0 aromatic rings. The second kappa shape index (κ2) is 6.08. The van der Waals surface area contributed by atoms with E-state index >= 15 is 0 Å². The molecule has 1 aliphatic heterocycles. The predicted octanol–water partition coefficient (Wildman–Crippen LogP) is 0.383. The van der Waals surface area contributed by atoms with Crippen molar-refractivity contribution in [2.45, 2.75) is 26.8 Å². The number of morpholine rings is 1. The third-order valence-electron chi connectivity index (χ3n) is 2.97. The highest BCUT2D eigenvalue weighted by molar-refractivity contribution is 5.81. The normalized spacial score (nSPS) is 23.9. The van der Waals surface area contributed by atoms with Crippen molar-refractivity contribution in [3.05, 3.63) is 0 Å². The van der Waals surface area contributed by atoms with Crippen molar-refractivity contribution in [2.24, 2.45) is 11.8 Å². The molecule has 4 nitrogen and oxygen atoms in total. The van der Waals surface area contributed by atoms with Gasteiger partial charge in [0.15, 0.2) is 0 Å². The minimum Gasteiger partial charge on any atom is -0.378 e. The molecule has 0 spiro atoms. The van der Waals surface area contributed by atoms with E-state index in [1.165, 1.54) is 0 Å². The Bertz CT molecular complexity index is 201. The summed E-state index contributed by atoms with van der Waals surface area (Å²) in [6.07, 6.45) is 0. The zero-order valence-electron chi connectivity index (χ0n) is 9.88. The van der Waals surface area contributed by atoms with Crippen LogP contribution in [0.4, 0.5) is 0 Å². The number of ether oxygens (including phenoxy) is 1. The first-order chi connectivity index (χ1) is 7.11. The van der Waals surface area contributed by atoms with Crippen LogP contribution in [0.3, 0.4) is 0 Å². The summed E-state index contributed by atoms with van der Waals surface area (Å²) in [4.78, 5) is 11.7. The summed E-state index contributed by atoms with van der Waals surface area (Å²) in [5.74, 6) is 1.17. The molecule has 88 valence electrons. The molecule has 4 heteroatoms. The van der Waals surface area contributed by atoms with Gasteiger partial charge >= 0.3 is 0 Å². The van der Waals surface area contributed by atoms with E-state index < -0.39 is 0 Å². The van der Waals surface area contributed by atoms with E-state index in [-0.39, 0.29) is 11.9 Å². The molecule has 1 amide bonds. The number of carbonyl (C=O) groups is 1. The smallest absolute Gasteiger partial charge is 0.239 e. The number of carbonyl (C=O) groups excluding carboxylic acids is 1. The van der Waals surface area contributed by atoms with Gasteiger partial charge in [-0.25, -0.2) is 0 Å². The number of hydrogen-bond donors (Lipinski definition) is 2. The molecule has 1 saturated heterocycles. The summed E-state index contributed by atoms with van der Waals surface area (Å²) in [5, 5.41) is 6.09. The molecule has 0 aromatic heterocycles. The largest absolute Gasteiger partial charge is 0.378 e. The number of rotatable bonds is 4. The van der Waals surface area contributed by atoms with Gasteiger partial charge in [-0.3, -0.25) is 4.79 Å². The van der Waals surface area contributed by atoms with E-state index in [9.17, 15) is 4.79 Å². The second-order valence-electron chi connectivity index (χ2n) is 4.55. The van der Waals surface area contributed by atoms with Crippen LogP contribution in [0.2, 0.25) is 0 Å². The van der Waals surface area contributed by atoms with Gasteiger partial charge in [0.2, 0.25) is 5.91 Å². The van der Waals surface area contributed by atoms with Crippen molar-refractivity contribution in [3.8, 4) is 0 Å². The SMILES string of the molecule is CC(C)C(C)CNC(=O)C1COCCN1. The van der Waals surface area contributed by atoms with Crippen LogP contribution < -0.4 is 10.6 Å². The van der Waals surface area contributed by atoms with E-state index in [1.807, 2.05) is 0 Å². The van der Waals surface area contributed by atoms with Crippen molar-refractivity contribution in [1.82, 2.24) is 10.6 Å². The van der Waals surface area contributed by atoms with Crippen molar-refractivity contribution < 1.29 is 9.53 Å². The third kappa shape index (κ3) is 4.18. The Hall–Kier alpha value is -0.610. The number of hydrogen-bond acceptors (Lipinski definition) is 3. The lowest BCUT2D eigenvalue weighted by Crippen LogP contribution is -2.51. The molecule has 1 rings (SSSR count). The zero-order chi connectivity index (χ0) is 11.3. The van der Waals surface area contributed by atoms with Crippen LogP contribution in [0.5, 0.6) is 0 Å². The van der Waals surface area contributed by atoms with Crippen LogP contribution in [-0.4, -0.2) is 38.3 Å². The quantitative estimate of drug-likeness (QED) is 0.711.